The molecule has 0 saturated carbocycles. The number of rotatable bonds is 4. The van der Waals surface area contributed by atoms with Gasteiger partial charge in [-0.1, -0.05) is 0 Å². The Hall–Kier alpha value is -1.66. The normalized spacial score (nSPS) is 11.5. The summed E-state index contributed by atoms with van der Waals surface area (Å²) in [6, 6.07) is 2.02. The van der Waals surface area contributed by atoms with Gasteiger partial charge in [-0.2, -0.15) is 17.6 Å². The number of halogens is 4. The summed E-state index contributed by atoms with van der Waals surface area (Å²) in [5.41, 5.74) is -0.0114. The van der Waals surface area contributed by atoms with E-state index in [9.17, 15) is 22.4 Å². The largest absolute Gasteiger partial charge is 0.461 e. The van der Waals surface area contributed by atoms with Crippen LogP contribution in [-0.2, 0) is 0 Å². The zero-order valence-corrected chi connectivity index (χ0v) is 7.16. The second-order valence-corrected chi connectivity index (χ2v) is 2.50. The lowest BCUT2D eigenvalue weighted by Crippen LogP contribution is -2.33. The van der Waals surface area contributed by atoms with Gasteiger partial charge in [0.05, 0.1) is 6.20 Å². The highest BCUT2D eigenvalue weighted by molar-refractivity contribution is 5.71. The molecule has 0 unspecified atom stereocenters. The van der Waals surface area contributed by atoms with Crippen LogP contribution < -0.4 is 4.74 Å². The molecular formula is C8H5F4NO2. The van der Waals surface area contributed by atoms with E-state index in [1.54, 1.807) is 0 Å². The van der Waals surface area contributed by atoms with Crippen LogP contribution in [0.25, 0.3) is 0 Å². The molecule has 0 fully saturated rings. The molecule has 0 saturated heterocycles. The fourth-order valence-corrected chi connectivity index (χ4v) is 0.723. The summed E-state index contributed by atoms with van der Waals surface area (Å²) in [5, 5.41) is 0. The molecule has 1 rings (SSSR count). The number of hydrogen-bond acceptors (Lipinski definition) is 3. The highest BCUT2D eigenvalue weighted by Crippen LogP contribution is 2.26. The molecule has 0 aromatic carbocycles. The molecule has 7 heteroatoms. The van der Waals surface area contributed by atoms with Gasteiger partial charge in [0.2, 0.25) is 0 Å². The lowest BCUT2D eigenvalue weighted by atomic mass is 10.4. The molecule has 0 spiro atoms. The fourth-order valence-electron chi connectivity index (χ4n) is 0.723. The van der Waals surface area contributed by atoms with E-state index in [2.05, 4.69) is 9.72 Å². The van der Waals surface area contributed by atoms with E-state index in [1.165, 1.54) is 0 Å². The molecule has 0 aliphatic carbocycles. The van der Waals surface area contributed by atoms with Crippen molar-refractivity contribution >= 4 is 6.29 Å². The van der Waals surface area contributed by atoms with E-state index in [-0.39, 0.29) is 5.69 Å². The second kappa shape index (κ2) is 4.24. The van der Waals surface area contributed by atoms with Crippen molar-refractivity contribution in [1.29, 1.82) is 0 Å². The molecule has 82 valence electrons. The average molecular weight is 223 g/mol. The number of carbonyl (C=O) groups excluding carboxylic acids is 1. The number of aromatic nitrogens is 1. The summed E-state index contributed by atoms with van der Waals surface area (Å²) in [6.45, 7) is 0. The lowest BCUT2D eigenvalue weighted by Gasteiger charge is -2.16. The van der Waals surface area contributed by atoms with Gasteiger partial charge in [0.1, 0.15) is 11.4 Å². The number of alkyl halides is 4. The third kappa shape index (κ3) is 2.90. The lowest BCUT2D eigenvalue weighted by molar-refractivity contribution is -0.253. The standard InChI is InChI=1S/C8H5F4NO2/c9-7(10)8(11,12)15-6-2-1-5(4-14)13-3-6/h1-4,7H. The molecule has 0 aliphatic rings. The van der Waals surface area contributed by atoms with Crippen molar-refractivity contribution in [2.24, 2.45) is 0 Å². The van der Waals surface area contributed by atoms with Gasteiger partial charge in [0, 0.05) is 0 Å². The molecule has 0 N–H and O–H groups in total. The minimum absolute atomic E-state index is 0.0114. The van der Waals surface area contributed by atoms with Crippen LogP contribution >= 0.6 is 0 Å². The van der Waals surface area contributed by atoms with Crippen molar-refractivity contribution in [3.8, 4) is 5.75 Å². The summed E-state index contributed by atoms with van der Waals surface area (Å²) in [7, 11) is 0. The molecule has 1 heterocycles. The molecule has 0 aliphatic heterocycles. The first-order valence-corrected chi connectivity index (χ1v) is 3.72. The molecule has 1 aromatic rings. The van der Waals surface area contributed by atoms with Crippen molar-refractivity contribution in [3.05, 3.63) is 24.0 Å². The van der Waals surface area contributed by atoms with Gasteiger partial charge in [-0.05, 0) is 12.1 Å². The van der Waals surface area contributed by atoms with Crippen molar-refractivity contribution in [2.75, 3.05) is 0 Å². The summed E-state index contributed by atoms with van der Waals surface area (Å²) in [5.74, 6) is -0.536. The minimum Gasteiger partial charge on any atom is -0.427 e. The number of pyridine rings is 1. The van der Waals surface area contributed by atoms with Crippen molar-refractivity contribution in [1.82, 2.24) is 4.98 Å². The summed E-state index contributed by atoms with van der Waals surface area (Å²) in [4.78, 5) is 13.5. The first-order valence-electron chi connectivity index (χ1n) is 3.72. The van der Waals surface area contributed by atoms with Crippen LogP contribution in [0.2, 0.25) is 0 Å². The van der Waals surface area contributed by atoms with E-state index < -0.39 is 18.3 Å². The Kier molecular flexibility index (Phi) is 3.23. The van der Waals surface area contributed by atoms with Crippen LogP contribution in [0.15, 0.2) is 18.3 Å². The van der Waals surface area contributed by atoms with Crippen molar-refractivity contribution in [3.63, 3.8) is 0 Å². The summed E-state index contributed by atoms with van der Waals surface area (Å²) in [6.07, 6.45) is -7.34. The highest BCUT2D eigenvalue weighted by atomic mass is 19.3. The molecule has 0 bridgehead atoms. The van der Waals surface area contributed by atoms with E-state index in [4.69, 9.17) is 0 Å². The Bertz CT molecular complexity index is 339. The average Bonchev–Trinajstić information content (AvgIpc) is 2.18. The number of aldehydes is 1. The van der Waals surface area contributed by atoms with Crippen molar-refractivity contribution < 1.29 is 27.1 Å². The van der Waals surface area contributed by atoms with Gasteiger partial charge in [-0.3, -0.25) is 4.79 Å². The molecule has 15 heavy (non-hydrogen) atoms. The monoisotopic (exact) mass is 223 g/mol. The zero-order chi connectivity index (χ0) is 11.5. The Balaban J connectivity index is 2.77. The predicted molar refractivity (Wildman–Crippen MR) is 41.2 cm³/mol. The molecule has 3 nitrogen and oxygen atoms in total. The van der Waals surface area contributed by atoms with Gasteiger partial charge < -0.3 is 4.74 Å². The molecule has 1 aromatic heterocycles. The Labute approximate surface area is 81.7 Å². The van der Waals surface area contributed by atoms with Gasteiger partial charge in [-0.25, -0.2) is 4.98 Å². The SMILES string of the molecule is O=Cc1ccc(OC(F)(F)C(F)F)cn1. The topological polar surface area (TPSA) is 39.2 Å². The van der Waals surface area contributed by atoms with Gasteiger partial charge in [0.25, 0.3) is 0 Å². The highest BCUT2D eigenvalue weighted by Gasteiger charge is 2.43. The van der Waals surface area contributed by atoms with Crippen molar-refractivity contribution in [2.45, 2.75) is 12.5 Å². The Morgan fingerprint density at radius 2 is 2.07 bits per heavy atom. The molecular weight excluding hydrogens is 218 g/mol. The number of nitrogens with zero attached hydrogens (tertiary/aromatic N) is 1. The maximum Gasteiger partial charge on any atom is 0.461 e. The van der Waals surface area contributed by atoms with Gasteiger partial charge in [0.15, 0.2) is 6.29 Å². The first-order chi connectivity index (χ1) is 6.95. The maximum atomic E-state index is 12.3. The third-order valence-corrected chi connectivity index (χ3v) is 1.39. The van der Waals surface area contributed by atoms with Crippen LogP contribution in [0.4, 0.5) is 17.6 Å². The van der Waals surface area contributed by atoms with Crippen LogP contribution in [0, 0.1) is 0 Å². The fraction of sp³-hybridized carbons (Fsp3) is 0.250. The molecule has 0 radical (unpaired) electrons. The van der Waals surface area contributed by atoms with E-state index in [0.29, 0.717) is 6.29 Å². The molecule has 0 atom stereocenters. The Morgan fingerprint density at radius 1 is 1.40 bits per heavy atom. The van der Waals surface area contributed by atoms with Crippen LogP contribution in [-0.4, -0.2) is 23.8 Å². The van der Waals surface area contributed by atoms with Gasteiger partial charge >= 0.3 is 12.5 Å². The van der Waals surface area contributed by atoms with Crippen LogP contribution in [0.5, 0.6) is 5.75 Å². The maximum absolute atomic E-state index is 12.3. The third-order valence-electron chi connectivity index (χ3n) is 1.39. The molecule has 0 amide bonds. The first kappa shape index (κ1) is 11.4. The second-order valence-electron chi connectivity index (χ2n) is 2.50. The van der Waals surface area contributed by atoms with E-state index in [1.807, 2.05) is 0 Å². The number of carbonyl (C=O) groups is 1. The number of hydrogen-bond donors (Lipinski definition) is 0. The minimum atomic E-state index is -4.57. The Morgan fingerprint density at radius 3 is 2.47 bits per heavy atom. The van der Waals surface area contributed by atoms with E-state index in [0.717, 1.165) is 18.3 Å². The quantitative estimate of drug-likeness (QED) is 0.579. The smallest absolute Gasteiger partial charge is 0.427 e. The van der Waals surface area contributed by atoms with Crippen LogP contribution in [0.3, 0.4) is 0 Å². The number of ether oxygens (including phenoxy) is 1. The predicted octanol–water partition coefficient (Wildman–Crippen LogP) is 2.13. The summed E-state index contributed by atoms with van der Waals surface area (Å²) < 4.78 is 51.8. The van der Waals surface area contributed by atoms with E-state index >= 15 is 0 Å². The zero-order valence-electron chi connectivity index (χ0n) is 7.16. The van der Waals surface area contributed by atoms with Gasteiger partial charge in [-0.15, -0.1) is 0 Å². The van der Waals surface area contributed by atoms with Crippen LogP contribution in [0.1, 0.15) is 10.5 Å². The summed E-state index contributed by atoms with van der Waals surface area (Å²) >= 11 is 0.